The number of nitrogens with two attached hydrogens (primary N) is 1. The van der Waals surface area contributed by atoms with E-state index in [0.717, 1.165) is 6.08 Å². The SMILES string of the molecule is Cc1nc2c(s1)C(=O)C(N)=CC2=O. The zero-order chi connectivity index (χ0) is 9.59. The van der Waals surface area contributed by atoms with E-state index in [0.29, 0.717) is 9.88 Å². The summed E-state index contributed by atoms with van der Waals surface area (Å²) in [4.78, 5) is 27.0. The third-order valence-electron chi connectivity index (χ3n) is 1.72. The Hall–Kier alpha value is -1.49. The van der Waals surface area contributed by atoms with Gasteiger partial charge < -0.3 is 5.73 Å². The quantitative estimate of drug-likeness (QED) is 0.658. The van der Waals surface area contributed by atoms with Crippen LogP contribution in [0.1, 0.15) is 25.2 Å². The third kappa shape index (κ3) is 1.08. The minimum Gasteiger partial charge on any atom is -0.395 e. The van der Waals surface area contributed by atoms with Crippen LogP contribution in [-0.2, 0) is 0 Å². The number of nitrogens with zero attached hydrogens (tertiary/aromatic N) is 1. The molecule has 13 heavy (non-hydrogen) atoms. The smallest absolute Gasteiger partial charge is 0.221 e. The first kappa shape index (κ1) is 8.12. The van der Waals surface area contributed by atoms with Crippen LogP contribution in [0.25, 0.3) is 0 Å². The van der Waals surface area contributed by atoms with Crippen molar-refractivity contribution in [1.82, 2.24) is 4.98 Å². The maximum absolute atomic E-state index is 11.4. The van der Waals surface area contributed by atoms with Gasteiger partial charge in [-0.25, -0.2) is 4.98 Å². The summed E-state index contributed by atoms with van der Waals surface area (Å²) in [5, 5.41) is 0.704. The van der Waals surface area contributed by atoms with Gasteiger partial charge in [0.25, 0.3) is 0 Å². The summed E-state index contributed by atoms with van der Waals surface area (Å²) in [6, 6.07) is 0. The normalized spacial score (nSPS) is 15.6. The maximum atomic E-state index is 11.4. The van der Waals surface area contributed by atoms with Gasteiger partial charge in [0.2, 0.25) is 11.6 Å². The van der Waals surface area contributed by atoms with Crippen LogP contribution < -0.4 is 5.73 Å². The van der Waals surface area contributed by atoms with Gasteiger partial charge in [0.1, 0.15) is 10.6 Å². The van der Waals surface area contributed by atoms with E-state index in [1.165, 1.54) is 11.3 Å². The van der Waals surface area contributed by atoms with Crippen molar-refractivity contribution in [3.63, 3.8) is 0 Å². The van der Waals surface area contributed by atoms with Crippen molar-refractivity contribution in [1.29, 1.82) is 0 Å². The summed E-state index contributed by atoms with van der Waals surface area (Å²) in [5.74, 6) is -0.573. The first-order chi connectivity index (χ1) is 6.09. The zero-order valence-corrected chi connectivity index (χ0v) is 7.64. The van der Waals surface area contributed by atoms with Crippen LogP contribution in [0.15, 0.2) is 11.8 Å². The van der Waals surface area contributed by atoms with Crippen LogP contribution in [0, 0.1) is 6.92 Å². The van der Waals surface area contributed by atoms with Gasteiger partial charge in [0.05, 0.1) is 10.7 Å². The molecule has 2 rings (SSSR count). The van der Waals surface area contributed by atoms with Crippen molar-refractivity contribution in [3.05, 3.63) is 27.4 Å². The second kappa shape index (κ2) is 2.50. The molecule has 1 aliphatic rings. The van der Waals surface area contributed by atoms with Crippen molar-refractivity contribution in [2.45, 2.75) is 6.92 Å². The van der Waals surface area contributed by atoms with Crippen molar-refractivity contribution >= 4 is 22.9 Å². The summed E-state index contributed by atoms with van der Waals surface area (Å²) >= 11 is 1.20. The van der Waals surface area contributed by atoms with Crippen molar-refractivity contribution in [2.75, 3.05) is 0 Å². The molecule has 0 aromatic carbocycles. The highest BCUT2D eigenvalue weighted by Gasteiger charge is 2.27. The van der Waals surface area contributed by atoms with Gasteiger partial charge in [-0.1, -0.05) is 0 Å². The minimum absolute atomic E-state index is 0.00106. The average Bonchev–Trinajstić information content (AvgIpc) is 2.44. The van der Waals surface area contributed by atoms with Crippen LogP contribution in [0.3, 0.4) is 0 Å². The largest absolute Gasteiger partial charge is 0.395 e. The zero-order valence-electron chi connectivity index (χ0n) is 6.83. The number of hydrogen-bond acceptors (Lipinski definition) is 5. The standard InChI is InChI=1S/C8H6N2O2S/c1-3-10-6-5(11)2-4(9)7(12)8(6)13-3/h2H,9H2,1H3. The number of hydrogen-bond donors (Lipinski definition) is 1. The number of rotatable bonds is 0. The van der Waals surface area contributed by atoms with Crippen LogP contribution in [0.4, 0.5) is 0 Å². The highest BCUT2D eigenvalue weighted by Crippen LogP contribution is 2.24. The van der Waals surface area contributed by atoms with Crippen molar-refractivity contribution < 1.29 is 9.59 Å². The first-order valence-corrected chi connectivity index (χ1v) is 4.45. The van der Waals surface area contributed by atoms with E-state index >= 15 is 0 Å². The minimum atomic E-state index is -0.291. The molecule has 5 heteroatoms. The predicted molar refractivity (Wildman–Crippen MR) is 47.8 cm³/mol. The second-order valence-corrected chi connectivity index (χ2v) is 3.91. The average molecular weight is 194 g/mol. The number of carbonyl (C=O) groups is 2. The molecule has 0 spiro atoms. The summed E-state index contributed by atoms with van der Waals surface area (Å²) < 4.78 is 0. The molecule has 0 atom stereocenters. The lowest BCUT2D eigenvalue weighted by Crippen LogP contribution is -2.20. The summed E-state index contributed by atoms with van der Waals surface area (Å²) in [7, 11) is 0. The Bertz CT molecular complexity index is 445. The number of aryl methyl sites for hydroxylation is 1. The fourth-order valence-corrected chi connectivity index (χ4v) is 2.04. The lowest BCUT2D eigenvalue weighted by Gasteiger charge is -2.04. The molecule has 0 bridgehead atoms. The van der Waals surface area contributed by atoms with E-state index in [9.17, 15) is 9.59 Å². The molecule has 1 aliphatic carbocycles. The molecule has 0 aliphatic heterocycles. The molecule has 0 fully saturated rings. The van der Waals surface area contributed by atoms with E-state index < -0.39 is 0 Å². The Morgan fingerprint density at radius 2 is 2.15 bits per heavy atom. The van der Waals surface area contributed by atoms with Crippen LogP contribution >= 0.6 is 11.3 Å². The number of allylic oxidation sites excluding steroid dienone is 2. The summed E-state index contributed by atoms with van der Waals surface area (Å²) in [6.07, 6.45) is 1.13. The monoisotopic (exact) mass is 194 g/mol. The van der Waals surface area contributed by atoms with E-state index in [1.54, 1.807) is 6.92 Å². The van der Waals surface area contributed by atoms with Gasteiger partial charge in [-0.05, 0) is 6.92 Å². The summed E-state index contributed by atoms with van der Waals surface area (Å²) in [6.45, 7) is 1.75. The summed E-state index contributed by atoms with van der Waals surface area (Å²) in [5.41, 5.74) is 5.60. The lowest BCUT2D eigenvalue weighted by molar-refractivity contribution is 0.0983. The lowest BCUT2D eigenvalue weighted by atomic mass is 10.1. The Balaban J connectivity index is 2.67. The molecule has 0 amide bonds. The Labute approximate surface area is 78.1 Å². The number of aromatic nitrogens is 1. The van der Waals surface area contributed by atoms with Crippen LogP contribution in [0.5, 0.6) is 0 Å². The molecule has 66 valence electrons. The molecule has 2 N–H and O–H groups in total. The molecule has 0 saturated heterocycles. The fraction of sp³-hybridized carbons (Fsp3) is 0.125. The maximum Gasteiger partial charge on any atom is 0.221 e. The number of carbonyl (C=O) groups excluding carboxylic acids is 2. The van der Waals surface area contributed by atoms with Gasteiger partial charge in [-0.3, -0.25) is 9.59 Å². The fourth-order valence-electron chi connectivity index (χ4n) is 1.15. The molecule has 1 aromatic heterocycles. The molecule has 0 saturated carbocycles. The number of ketones is 2. The number of thiazole rings is 1. The molecule has 0 radical (unpaired) electrons. The van der Waals surface area contributed by atoms with Gasteiger partial charge in [0, 0.05) is 6.08 Å². The van der Waals surface area contributed by atoms with Gasteiger partial charge in [-0.2, -0.15) is 0 Å². The van der Waals surface area contributed by atoms with Crippen molar-refractivity contribution in [2.24, 2.45) is 5.73 Å². The molecule has 4 nitrogen and oxygen atoms in total. The molecule has 0 unspecified atom stereocenters. The molecular weight excluding hydrogens is 188 g/mol. The van der Waals surface area contributed by atoms with Gasteiger partial charge >= 0.3 is 0 Å². The number of Topliss-reactive ketones (excluding diaryl/α,β-unsaturated/α-hetero) is 1. The molecule has 1 aromatic rings. The second-order valence-electron chi connectivity index (χ2n) is 2.70. The molecule has 1 heterocycles. The Kier molecular flexibility index (Phi) is 1.56. The van der Waals surface area contributed by atoms with E-state index in [1.807, 2.05) is 0 Å². The third-order valence-corrected chi connectivity index (χ3v) is 2.69. The van der Waals surface area contributed by atoms with Crippen molar-refractivity contribution in [3.8, 4) is 0 Å². The van der Waals surface area contributed by atoms with E-state index in [-0.39, 0.29) is 23.0 Å². The highest BCUT2D eigenvalue weighted by molar-refractivity contribution is 7.14. The van der Waals surface area contributed by atoms with Crippen LogP contribution in [-0.4, -0.2) is 16.6 Å². The van der Waals surface area contributed by atoms with E-state index in [2.05, 4.69) is 4.98 Å². The molecular formula is C8H6N2O2S. The highest BCUT2D eigenvalue weighted by atomic mass is 32.1. The van der Waals surface area contributed by atoms with E-state index in [4.69, 9.17) is 5.73 Å². The number of fused-ring (bicyclic) bond motifs is 1. The van der Waals surface area contributed by atoms with Crippen LogP contribution in [0.2, 0.25) is 0 Å². The van der Waals surface area contributed by atoms with Gasteiger partial charge in [0.15, 0.2) is 0 Å². The Morgan fingerprint density at radius 3 is 2.85 bits per heavy atom. The Morgan fingerprint density at radius 1 is 1.46 bits per heavy atom. The first-order valence-electron chi connectivity index (χ1n) is 3.63. The topological polar surface area (TPSA) is 73.1 Å². The predicted octanol–water partition coefficient (Wildman–Crippen LogP) is 0.673. The van der Waals surface area contributed by atoms with Gasteiger partial charge in [-0.15, -0.1) is 11.3 Å².